The van der Waals surface area contributed by atoms with Crippen molar-refractivity contribution in [1.29, 1.82) is 0 Å². The molecule has 0 heterocycles. The van der Waals surface area contributed by atoms with Gasteiger partial charge in [-0.3, -0.25) is 0 Å². The predicted octanol–water partition coefficient (Wildman–Crippen LogP) is 2.38. The van der Waals surface area contributed by atoms with Crippen LogP contribution in [0.15, 0.2) is 42.5 Å². The maximum absolute atomic E-state index is 10.1. The Balaban J connectivity index is 2.13. The third-order valence-corrected chi connectivity index (χ3v) is 2.96. The first-order valence-corrected chi connectivity index (χ1v) is 5.93. The molecule has 4 nitrogen and oxygen atoms in total. The molecule has 100 valence electrons. The van der Waals surface area contributed by atoms with E-state index in [1.54, 1.807) is 7.11 Å². The molecule has 2 aromatic rings. The number of aliphatic hydroxyl groups is 1. The Bertz CT molecular complexity index is 549. The highest BCUT2D eigenvalue weighted by atomic mass is 16.5. The number of benzene rings is 2. The van der Waals surface area contributed by atoms with Gasteiger partial charge < -0.3 is 20.1 Å². The molecule has 0 spiro atoms. The number of rotatable bonds is 4. The Morgan fingerprint density at radius 1 is 1.05 bits per heavy atom. The number of phenols is 2. The maximum Gasteiger partial charge on any atom is 0.125 e. The topological polar surface area (TPSA) is 69.9 Å². The monoisotopic (exact) mass is 260 g/mol. The van der Waals surface area contributed by atoms with Crippen LogP contribution in [0, 0.1) is 0 Å². The fourth-order valence-electron chi connectivity index (χ4n) is 1.91. The zero-order valence-corrected chi connectivity index (χ0v) is 10.6. The molecule has 0 aliphatic rings. The third kappa shape index (κ3) is 3.17. The Kier molecular flexibility index (Phi) is 3.92. The van der Waals surface area contributed by atoms with Gasteiger partial charge in [0.1, 0.15) is 17.2 Å². The van der Waals surface area contributed by atoms with Crippen LogP contribution in [-0.4, -0.2) is 22.4 Å². The number of phenolic OH excluding ortho intramolecular Hbond substituents is 2. The molecule has 3 N–H and O–H groups in total. The van der Waals surface area contributed by atoms with Crippen LogP contribution >= 0.6 is 0 Å². The standard InChI is InChI=1S/C15H16O4/c1-19-12-5-2-10(3-6-12)8-14(17)13-7-4-11(16)9-15(13)18/h2-7,9,14,16-18H,8H2,1H3. The molecule has 0 saturated carbocycles. The van der Waals surface area contributed by atoms with Crippen LogP contribution in [0.4, 0.5) is 0 Å². The van der Waals surface area contributed by atoms with Gasteiger partial charge in [0.05, 0.1) is 13.2 Å². The van der Waals surface area contributed by atoms with Crippen molar-refractivity contribution in [1.82, 2.24) is 0 Å². The van der Waals surface area contributed by atoms with Crippen molar-refractivity contribution in [2.24, 2.45) is 0 Å². The fraction of sp³-hybridized carbons (Fsp3) is 0.200. The summed E-state index contributed by atoms with van der Waals surface area (Å²) in [5, 5.41) is 29.0. The van der Waals surface area contributed by atoms with Gasteiger partial charge in [0.25, 0.3) is 0 Å². The van der Waals surface area contributed by atoms with Crippen LogP contribution < -0.4 is 4.74 Å². The van der Waals surface area contributed by atoms with Gasteiger partial charge in [-0.05, 0) is 29.8 Å². The van der Waals surface area contributed by atoms with Crippen LogP contribution in [0.3, 0.4) is 0 Å². The molecule has 0 bridgehead atoms. The summed E-state index contributed by atoms with van der Waals surface area (Å²) in [5.74, 6) is 0.615. The first kappa shape index (κ1) is 13.2. The summed E-state index contributed by atoms with van der Waals surface area (Å²) in [6, 6.07) is 11.5. The van der Waals surface area contributed by atoms with E-state index >= 15 is 0 Å². The highest BCUT2D eigenvalue weighted by Gasteiger charge is 2.13. The van der Waals surface area contributed by atoms with E-state index in [9.17, 15) is 15.3 Å². The summed E-state index contributed by atoms with van der Waals surface area (Å²) in [4.78, 5) is 0. The molecule has 1 atom stereocenters. The summed E-state index contributed by atoms with van der Waals surface area (Å²) in [5.41, 5.74) is 1.33. The second kappa shape index (κ2) is 5.63. The van der Waals surface area contributed by atoms with Gasteiger partial charge in [0.2, 0.25) is 0 Å². The molecule has 4 heteroatoms. The molecule has 0 aromatic heterocycles. The van der Waals surface area contributed by atoms with Crippen LogP contribution in [0.25, 0.3) is 0 Å². The van der Waals surface area contributed by atoms with Crippen molar-refractivity contribution in [3.63, 3.8) is 0 Å². The average molecular weight is 260 g/mol. The van der Waals surface area contributed by atoms with E-state index < -0.39 is 6.10 Å². The van der Waals surface area contributed by atoms with Crippen molar-refractivity contribution in [3.05, 3.63) is 53.6 Å². The molecule has 2 rings (SSSR count). The molecular formula is C15H16O4. The quantitative estimate of drug-likeness (QED) is 0.789. The van der Waals surface area contributed by atoms with Gasteiger partial charge in [-0.25, -0.2) is 0 Å². The SMILES string of the molecule is COc1ccc(CC(O)c2ccc(O)cc2O)cc1. The van der Waals surface area contributed by atoms with Crippen molar-refractivity contribution >= 4 is 0 Å². The van der Waals surface area contributed by atoms with E-state index in [0.717, 1.165) is 11.3 Å². The average Bonchev–Trinajstić information content (AvgIpc) is 2.39. The number of methoxy groups -OCH3 is 1. The zero-order valence-electron chi connectivity index (χ0n) is 10.6. The molecule has 2 aromatic carbocycles. The molecule has 0 amide bonds. The van der Waals surface area contributed by atoms with Crippen LogP contribution in [-0.2, 0) is 6.42 Å². The molecule has 0 fully saturated rings. The van der Waals surface area contributed by atoms with Gasteiger partial charge in [-0.2, -0.15) is 0 Å². The molecule has 0 saturated heterocycles. The summed E-state index contributed by atoms with van der Waals surface area (Å²) >= 11 is 0. The van der Waals surface area contributed by atoms with Crippen molar-refractivity contribution in [3.8, 4) is 17.2 Å². The number of aliphatic hydroxyl groups excluding tert-OH is 1. The van der Waals surface area contributed by atoms with E-state index in [1.807, 2.05) is 24.3 Å². The summed E-state index contributed by atoms with van der Waals surface area (Å²) in [7, 11) is 1.60. The van der Waals surface area contributed by atoms with Gasteiger partial charge in [0, 0.05) is 18.1 Å². The molecule has 19 heavy (non-hydrogen) atoms. The number of ether oxygens (including phenoxy) is 1. The number of hydrogen-bond donors (Lipinski definition) is 3. The summed E-state index contributed by atoms with van der Waals surface area (Å²) in [6.45, 7) is 0. The smallest absolute Gasteiger partial charge is 0.125 e. The minimum absolute atomic E-state index is 0.0297. The fourth-order valence-corrected chi connectivity index (χ4v) is 1.91. The lowest BCUT2D eigenvalue weighted by Crippen LogP contribution is -2.02. The Labute approximate surface area is 111 Å². The zero-order chi connectivity index (χ0) is 13.8. The molecule has 0 aliphatic heterocycles. The van der Waals surface area contributed by atoms with E-state index in [2.05, 4.69) is 0 Å². The van der Waals surface area contributed by atoms with Crippen molar-refractivity contribution < 1.29 is 20.1 Å². The molecule has 0 radical (unpaired) electrons. The normalized spacial score (nSPS) is 12.1. The van der Waals surface area contributed by atoms with Gasteiger partial charge in [-0.15, -0.1) is 0 Å². The third-order valence-electron chi connectivity index (χ3n) is 2.96. The molecule has 1 unspecified atom stereocenters. The number of hydrogen-bond acceptors (Lipinski definition) is 4. The van der Waals surface area contributed by atoms with E-state index in [-0.39, 0.29) is 11.5 Å². The lowest BCUT2D eigenvalue weighted by Gasteiger charge is -2.13. The molecule has 0 aliphatic carbocycles. The molecular weight excluding hydrogens is 244 g/mol. The summed E-state index contributed by atoms with van der Waals surface area (Å²) in [6.07, 6.45) is -0.448. The lowest BCUT2D eigenvalue weighted by atomic mass is 10.0. The first-order chi connectivity index (χ1) is 9.10. The number of aromatic hydroxyl groups is 2. The van der Waals surface area contributed by atoms with Gasteiger partial charge in [0.15, 0.2) is 0 Å². The Morgan fingerprint density at radius 3 is 2.32 bits per heavy atom. The van der Waals surface area contributed by atoms with Crippen LogP contribution in [0.1, 0.15) is 17.2 Å². The first-order valence-electron chi connectivity index (χ1n) is 5.93. The van der Waals surface area contributed by atoms with E-state index in [0.29, 0.717) is 12.0 Å². The van der Waals surface area contributed by atoms with Crippen molar-refractivity contribution in [2.45, 2.75) is 12.5 Å². The predicted molar refractivity (Wildman–Crippen MR) is 71.4 cm³/mol. The maximum atomic E-state index is 10.1. The lowest BCUT2D eigenvalue weighted by molar-refractivity contribution is 0.174. The van der Waals surface area contributed by atoms with E-state index in [1.165, 1.54) is 18.2 Å². The Hall–Kier alpha value is -2.20. The van der Waals surface area contributed by atoms with E-state index in [4.69, 9.17) is 4.74 Å². The summed E-state index contributed by atoms with van der Waals surface area (Å²) < 4.78 is 5.06. The van der Waals surface area contributed by atoms with Gasteiger partial charge in [-0.1, -0.05) is 12.1 Å². The minimum Gasteiger partial charge on any atom is -0.508 e. The minimum atomic E-state index is -0.825. The Morgan fingerprint density at radius 2 is 1.74 bits per heavy atom. The van der Waals surface area contributed by atoms with Gasteiger partial charge >= 0.3 is 0 Å². The second-order valence-electron chi connectivity index (χ2n) is 4.31. The van der Waals surface area contributed by atoms with Crippen molar-refractivity contribution in [2.75, 3.05) is 7.11 Å². The largest absolute Gasteiger partial charge is 0.508 e. The van der Waals surface area contributed by atoms with Crippen LogP contribution in [0.2, 0.25) is 0 Å². The highest BCUT2D eigenvalue weighted by Crippen LogP contribution is 2.30. The highest BCUT2D eigenvalue weighted by molar-refractivity contribution is 5.41. The van der Waals surface area contributed by atoms with Crippen LogP contribution in [0.5, 0.6) is 17.2 Å². The second-order valence-corrected chi connectivity index (χ2v) is 4.31.